The van der Waals surface area contributed by atoms with Gasteiger partial charge in [0.1, 0.15) is 0 Å². The third-order valence-corrected chi connectivity index (χ3v) is 6.25. The van der Waals surface area contributed by atoms with Crippen molar-refractivity contribution in [2.45, 2.75) is 11.8 Å². The highest BCUT2D eigenvalue weighted by molar-refractivity contribution is 7.89. The summed E-state index contributed by atoms with van der Waals surface area (Å²) in [5.41, 5.74) is 5.25. The maximum Gasteiger partial charge on any atom is 0.270 e. The minimum atomic E-state index is -3.92. The quantitative estimate of drug-likeness (QED) is 0.450. The van der Waals surface area contributed by atoms with Crippen LogP contribution < -0.4 is 11.1 Å². The zero-order chi connectivity index (χ0) is 20.2. The van der Waals surface area contributed by atoms with Crippen molar-refractivity contribution in [3.05, 3.63) is 33.9 Å². The minimum Gasteiger partial charge on any atom is -0.346 e. The average Bonchev–Trinajstić information content (AvgIpc) is 2.65. The van der Waals surface area contributed by atoms with Crippen molar-refractivity contribution in [1.82, 2.24) is 14.5 Å². The highest BCUT2D eigenvalue weighted by Crippen LogP contribution is 2.25. The highest BCUT2D eigenvalue weighted by atomic mass is 32.2. The van der Waals surface area contributed by atoms with Gasteiger partial charge in [-0.3, -0.25) is 19.7 Å². The molecule has 1 fully saturated rings. The van der Waals surface area contributed by atoms with E-state index in [-0.39, 0.29) is 55.8 Å². The first-order chi connectivity index (χ1) is 12.7. The molecule has 1 aliphatic rings. The summed E-state index contributed by atoms with van der Waals surface area (Å²) in [6.45, 7) is 1.57. The number of hydrogen-bond donors (Lipinski definition) is 2. The van der Waals surface area contributed by atoms with Gasteiger partial charge in [-0.1, -0.05) is 6.07 Å². The summed E-state index contributed by atoms with van der Waals surface area (Å²) in [6, 6.07) is 3.69. The van der Waals surface area contributed by atoms with Crippen LogP contribution in [0.25, 0.3) is 0 Å². The normalized spacial score (nSPS) is 15.4. The van der Waals surface area contributed by atoms with Gasteiger partial charge in [-0.15, -0.1) is 0 Å². The monoisotopic (exact) mass is 399 g/mol. The van der Waals surface area contributed by atoms with Crippen molar-refractivity contribution in [3.8, 4) is 0 Å². The topological polar surface area (TPSA) is 156 Å². The van der Waals surface area contributed by atoms with E-state index in [4.69, 9.17) is 5.73 Å². The second kappa shape index (κ2) is 8.41. The molecule has 2 amide bonds. The molecule has 0 radical (unpaired) electrons. The lowest BCUT2D eigenvalue weighted by Crippen LogP contribution is -2.52. The zero-order valence-electron chi connectivity index (χ0n) is 14.8. The Hall–Kier alpha value is -2.57. The van der Waals surface area contributed by atoms with Crippen LogP contribution in [0.1, 0.15) is 5.56 Å². The number of carbonyl (C=O) groups excluding carboxylic acids is 2. The Kier molecular flexibility index (Phi) is 6.46. The van der Waals surface area contributed by atoms with Gasteiger partial charge in [0.25, 0.3) is 5.69 Å². The second-order valence-corrected chi connectivity index (χ2v) is 7.88. The molecule has 11 nitrogen and oxygen atoms in total. The van der Waals surface area contributed by atoms with Crippen molar-refractivity contribution in [3.63, 3.8) is 0 Å². The number of nitro groups is 1. The number of aryl methyl sites for hydroxylation is 1. The summed E-state index contributed by atoms with van der Waals surface area (Å²) in [5.74, 6) is -0.786. The molecule has 0 atom stereocenters. The van der Waals surface area contributed by atoms with E-state index in [1.54, 1.807) is 6.92 Å². The van der Waals surface area contributed by atoms with Crippen molar-refractivity contribution < 1.29 is 22.9 Å². The Balaban J connectivity index is 2.07. The predicted molar refractivity (Wildman–Crippen MR) is 95.2 cm³/mol. The number of hydrogen-bond acceptors (Lipinski definition) is 7. The first-order valence-corrected chi connectivity index (χ1v) is 9.60. The lowest BCUT2D eigenvalue weighted by atomic mass is 10.2. The predicted octanol–water partition coefficient (Wildman–Crippen LogP) is -1.19. The van der Waals surface area contributed by atoms with E-state index in [0.29, 0.717) is 5.56 Å². The van der Waals surface area contributed by atoms with Crippen LogP contribution >= 0.6 is 0 Å². The van der Waals surface area contributed by atoms with Crippen molar-refractivity contribution in [2.24, 2.45) is 5.73 Å². The molecule has 1 aromatic carbocycles. The third-order valence-electron chi connectivity index (χ3n) is 4.21. The number of non-ortho nitro benzene ring substituents is 1. The zero-order valence-corrected chi connectivity index (χ0v) is 15.6. The van der Waals surface area contributed by atoms with Crippen molar-refractivity contribution >= 4 is 27.5 Å². The summed E-state index contributed by atoms with van der Waals surface area (Å²) in [6.07, 6.45) is 0. The van der Waals surface area contributed by atoms with Crippen LogP contribution in [0.15, 0.2) is 23.1 Å². The van der Waals surface area contributed by atoms with E-state index in [1.807, 2.05) is 0 Å². The summed E-state index contributed by atoms with van der Waals surface area (Å²) in [7, 11) is -3.92. The fourth-order valence-electron chi connectivity index (χ4n) is 2.66. The first-order valence-electron chi connectivity index (χ1n) is 8.16. The molecular formula is C15H21N5O6S. The lowest BCUT2D eigenvalue weighted by molar-refractivity contribution is -0.385. The van der Waals surface area contributed by atoms with Gasteiger partial charge in [0.2, 0.25) is 21.8 Å². The number of rotatable bonds is 6. The van der Waals surface area contributed by atoms with Gasteiger partial charge in [0.05, 0.1) is 22.9 Å². The maximum absolute atomic E-state index is 12.8. The van der Waals surface area contributed by atoms with Crippen LogP contribution in [0.3, 0.4) is 0 Å². The van der Waals surface area contributed by atoms with Gasteiger partial charge in [-0.05, 0) is 12.5 Å². The van der Waals surface area contributed by atoms with E-state index in [9.17, 15) is 28.1 Å². The number of carbonyl (C=O) groups is 2. The maximum atomic E-state index is 12.8. The van der Waals surface area contributed by atoms with Crippen LogP contribution in [-0.4, -0.2) is 73.6 Å². The molecule has 0 bridgehead atoms. The molecule has 0 aliphatic carbocycles. The van der Waals surface area contributed by atoms with Gasteiger partial charge in [0, 0.05) is 38.3 Å². The lowest BCUT2D eigenvalue weighted by Gasteiger charge is -2.34. The van der Waals surface area contributed by atoms with Gasteiger partial charge < -0.3 is 16.0 Å². The SMILES string of the molecule is Cc1ccc([N+](=O)[O-])cc1S(=O)(=O)N1CCN(C(=O)CNC(=O)CN)CC1. The molecule has 0 saturated carbocycles. The minimum absolute atomic E-state index is 0.0566. The molecule has 1 aliphatic heterocycles. The summed E-state index contributed by atoms with van der Waals surface area (Å²) >= 11 is 0. The number of nitrogens with one attached hydrogen (secondary N) is 1. The fraction of sp³-hybridized carbons (Fsp3) is 0.467. The van der Waals surface area contributed by atoms with Crippen molar-refractivity contribution in [2.75, 3.05) is 39.3 Å². The molecule has 0 spiro atoms. The second-order valence-electron chi connectivity index (χ2n) is 5.97. The van der Waals surface area contributed by atoms with E-state index in [2.05, 4.69) is 5.32 Å². The molecule has 1 heterocycles. The largest absolute Gasteiger partial charge is 0.346 e. The molecule has 1 aromatic rings. The standard InChI is InChI=1S/C15H21N5O6S/c1-11-2-3-12(20(23)24)8-13(11)27(25,26)19-6-4-18(5-7-19)15(22)10-17-14(21)9-16/h2-3,8H,4-7,9-10,16H2,1H3,(H,17,21). The molecular weight excluding hydrogens is 378 g/mol. The van der Waals surface area contributed by atoms with Crippen molar-refractivity contribution in [1.29, 1.82) is 0 Å². The highest BCUT2D eigenvalue weighted by Gasteiger charge is 2.32. The number of nitrogens with two attached hydrogens (primary N) is 1. The number of nitro benzene ring substituents is 1. The number of amides is 2. The van der Waals surface area contributed by atoms with Gasteiger partial charge in [0.15, 0.2) is 0 Å². The van der Waals surface area contributed by atoms with E-state index >= 15 is 0 Å². The Morgan fingerprint density at radius 3 is 2.44 bits per heavy atom. The number of piperazine rings is 1. The Morgan fingerprint density at radius 2 is 1.89 bits per heavy atom. The van der Waals surface area contributed by atoms with Gasteiger partial charge >= 0.3 is 0 Å². The third kappa shape index (κ3) is 4.78. The van der Waals surface area contributed by atoms with Crippen LogP contribution in [-0.2, 0) is 19.6 Å². The molecule has 12 heteroatoms. The average molecular weight is 399 g/mol. The van der Waals surface area contributed by atoms with E-state index in [1.165, 1.54) is 21.3 Å². The summed E-state index contributed by atoms with van der Waals surface area (Å²) in [5, 5.41) is 13.3. The van der Waals surface area contributed by atoms with Crippen LogP contribution in [0.5, 0.6) is 0 Å². The first kappa shape index (κ1) is 20.7. The molecule has 148 valence electrons. The van der Waals surface area contributed by atoms with Crippen LogP contribution in [0, 0.1) is 17.0 Å². The Bertz CT molecular complexity index is 848. The molecule has 27 heavy (non-hydrogen) atoms. The molecule has 2 rings (SSSR count). The fourth-order valence-corrected chi connectivity index (χ4v) is 4.32. The smallest absolute Gasteiger partial charge is 0.270 e. The van der Waals surface area contributed by atoms with Gasteiger partial charge in [-0.2, -0.15) is 4.31 Å². The molecule has 0 aromatic heterocycles. The number of sulfonamides is 1. The van der Waals surface area contributed by atoms with Gasteiger partial charge in [-0.25, -0.2) is 8.42 Å². The molecule has 0 unspecified atom stereocenters. The summed E-state index contributed by atoms with van der Waals surface area (Å²) < 4.78 is 26.9. The molecule has 1 saturated heterocycles. The number of nitrogens with zero attached hydrogens (tertiary/aromatic N) is 3. The Morgan fingerprint density at radius 1 is 1.26 bits per heavy atom. The van der Waals surface area contributed by atoms with E-state index < -0.39 is 20.9 Å². The van der Waals surface area contributed by atoms with Crippen LogP contribution in [0.4, 0.5) is 5.69 Å². The summed E-state index contributed by atoms with van der Waals surface area (Å²) in [4.78, 5) is 34.8. The van der Waals surface area contributed by atoms with Crippen LogP contribution in [0.2, 0.25) is 0 Å². The van der Waals surface area contributed by atoms with E-state index in [0.717, 1.165) is 6.07 Å². The molecule has 3 N–H and O–H groups in total. The Labute approximate surface area is 156 Å². The number of benzene rings is 1.